The van der Waals surface area contributed by atoms with E-state index in [4.69, 9.17) is 10.00 Å². The van der Waals surface area contributed by atoms with Crippen LogP contribution < -0.4 is 4.74 Å². The zero-order valence-corrected chi connectivity index (χ0v) is 16.5. The number of benzene rings is 3. The molecule has 1 N–H and O–H groups in total. The number of aromatic nitrogens is 1. The number of pyridine rings is 1. The minimum atomic E-state index is -0.388. The molecule has 0 aliphatic carbocycles. The molecule has 4 rings (SSSR count). The fourth-order valence-electron chi connectivity index (χ4n) is 3.12. The highest BCUT2D eigenvalue weighted by Gasteiger charge is 2.09. The molecule has 150 valence electrons. The van der Waals surface area contributed by atoms with Crippen molar-refractivity contribution < 1.29 is 14.6 Å². The van der Waals surface area contributed by atoms with Crippen molar-refractivity contribution in [1.29, 1.82) is 5.26 Å². The number of ether oxygens (including phenoxy) is 1. The summed E-state index contributed by atoms with van der Waals surface area (Å²) in [6.07, 6.45) is 3.00. The maximum Gasteiger partial charge on any atom is 0.189 e. The predicted octanol–water partition coefficient (Wildman–Crippen LogP) is 5.29. The van der Waals surface area contributed by atoms with Crippen molar-refractivity contribution >= 4 is 22.8 Å². The standard InChI is InChI=1S/C26H18N2O3/c27-16-19-9-13-26(30)23(15-19)25(29)12-8-18-4-3-6-22(14-18)31-17-21-11-10-20-5-1-2-7-24(20)28-21/h1-15,30H,17H2/b12-8+. The molecule has 0 bridgehead atoms. The fourth-order valence-corrected chi connectivity index (χ4v) is 3.12. The van der Waals surface area contributed by atoms with Crippen LogP contribution in [0.25, 0.3) is 17.0 Å². The van der Waals surface area contributed by atoms with Crippen molar-refractivity contribution in [3.8, 4) is 17.6 Å². The van der Waals surface area contributed by atoms with Crippen molar-refractivity contribution in [1.82, 2.24) is 4.98 Å². The molecule has 0 aliphatic heterocycles. The molecule has 0 spiro atoms. The van der Waals surface area contributed by atoms with E-state index in [9.17, 15) is 9.90 Å². The maximum atomic E-state index is 12.4. The van der Waals surface area contributed by atoms with Gasteiger partial charge < -0.3 is 9.84 Å². The molecule has 0 atom stereocenters. The Morgan fingerprint density at radius 1 is 1.03 bits per heavy atom. The van der Waals surface area contributed by atoms with Gasteiger partial charge in [-0.25, -0.2) is 4.98 Å². The first-order valence-corrected chi connectivity index (χ1v) is 9.65. The zero-order chi connectivity index (χ0) is 21.6. The van der Waals surface area contributed by atoms with E-state index in [1.807, 2.05) is 66.7 Å². The Bertz CT molecular complexity index is 1340. The molecule has 1 heterocycles. The van der Waals surface area contributed by atoms with Gasteiger partial charge in [0.15, 0.2) is 5.78 Å². The van der Waals surface area contributed by atoms with Crippen molar-refractivity contribution in [2.75, 3.05) is 0 Å². The second-order valence-electron chi connectivity index (χ2n) is 6.90. The number of phenols is 1. The largest absolute Gasteiger partial charge is 0.507 e. The van der Waals surface area contributed by atoms with E-state index in [0.29, 0.717) is 17.9 Å². The van der Waals surface area contributed by atoms with Crippen LogP contribution in [-0.4, -0.2) is 15.9 Å². The number of hydrogen-bond acceptors (Lipinski definition) is 5. The van der Waals surface area contributed by atoms with E-state index in [2.05, 4.69) is 4.98 Å². The fraction of sp³-hybridized carbons (Fsp3) is 0.0385. The molecule has 3 aromatic carbocycles. The van der Waals surface area contributed by atoms with Gasteiger partial charge in [-0.05, 0) is 54.1 Å². The topological polar surface area (TPSA) is 83.2 Å². The van der Waals surface area contributed by atoms with Crippen molar-refractivity contribution in [2.24, 2.45) is 0 Å². The summed E-state index contributed by atoms with van der Waals surface area (Å²) < 4.78 is 5.87. The maximum absolute atomic E-state index is 12.4. The van der Waals surface area contributed by atoms with Gasteiger partial charge in [-0.15, -0.1) is 0 Å². The van der Waals surface area contributed by atoms with E-state index in [0.717, 1.165) is 22.2 Å². The van der Waals surface area contributed by atoms with E-state index in [-0.39, 0.29) is 17.1 Å². The summed E-state index contributed by atoms with van der Waals surface area (Å²) in [5.41, 5.74) is 2.91. The molecule has 4 aromatic rings. The van der Waals surface area contributed by atoms with E-state index >= 15 is 0 Å². The van der Waals surface area contributed by atoms with E-state index in [1.165, 1.54) is 24.3 Å². The van der Waals surface area contributed by atoms with Crippen LogP contribution in [0.3, 0.4) is 0 Å². The number of nitrogens with zero attached hydrogens (tertiary/aromatic N) is 2. The summed E-state index contributed by atoms with van der Waals surface area (Å²) in [6, 6.07) is 25.3. The third-order valence-electron chi connectivity index (χ3n) is 4.72. The third kappa shape index (κ3) is 4.77. The van der Waals surface area contributed by atoms with Gasteiger partial charge >= 0.3 is 0 Å². The third-order valence-corrected chi connectivity index (χ3v) is 4.72. The number of carbonyl (C=O) groups is 1. The van der Waals surface area contributed by atoms with E-state index < -0.39 is 0 Å². The van der Waals surface area contributed by atoms with Gasteiger partial charge in [-0.2, -0.15) is 5.26 Å². The van der Waals surface area contributed by atoms with Gasteiger partial charge in [0.2, 0.25) is 0 Å². The second-order valence-corrected chi connectivity index (χ2v) is 6.90. The number of nitriles is 1. The quantitative estimate of drug-likeness (QED) is 0.348. The highest BCUT2D eigenvalue weighted by atomic mass is 16.5. The average Bonchev–Trinajstić information content (AvgIpc) is 2.81. The Morgan fingerprint density at radius 3 is 2.77 bits per heavy atom. The number of phenolic OH excluding ortho intramolecular Hbond substituents is 1. The van der Waals surface area contributed by atoms with Crippen LogP contribution >= 0.6 is 0 Å². The lowest BCUT2D eigenvalue weighted by Crippen LogP contribution is -1.98. The van der Waals surface area contributed by atoms with Crippen LogP contribution in [0.1, 0.15) is 27.2 Å². The summed E-state index contributed by atoms with van der Waals surface area (Å²) in [4.78, 5) is 17.0. The molecule has 5 nitrogen and oxygen atoms in total. The van der Waals surface area contributed by atoms with Crippen LogP contribution in [0.15, 0.2) is 84.9 Å². The number of ketones is 1. The lowest BCUT2D eigenvalue weighted by molar-refractivity contribution is 0.104. The highest BCUT2D eigenvalue weighted by molar-refractivity contribution is 6.08. The number of rotatable bonds is 6. The molecule has 0 amide bonds. The smallest absolute Gasteiger partial charge is 0.189 e. The van der Waals surface area contributed by atoms with E-state index in [1.54, 1.807) is 6.08 Å². The zero-order valence-electron chi connectivity index (χ0n) is 16.5. The Balaban J connectivity index is 1.45. The molecule has 1 aromatic heterocycles. The normalized spacial score (nSPS) is 10.8. The summed E-state index contributed by atoms with van der Waals surface area (Å²) in [5.74, 6) is 0.105. The first kappa shape index (κ1) is 19.9. The molecule has 0 aliphatic rings. The molecule has 31 heavy (non-hydrogen) atoms. The molecule has 0 saturated heterocycles. The minimum Gasteiger partial charge on any atom is -0.507 e. The summed E-state index contributed by atoms with van der Waals surface area (Å²) >= 11 is 0. The molecule has 0 fully saturated rings. The van der Waals surface area contributed by atoms with Crippen LogP contribution in [0.5, 0.6) is 11.5 Å². The molecular formula is C26H18N2O3. The van der Waals surface area contributed by atoms with Gasteiger partial charge in [0, 0.05) is 5.39 Å². The van der Waals surface area contributed by atoms with Crippen LogP contribution in [-0.2, 0) is 6.61 Å². The van der Waals surface area contributed by atoms with Gasteiger partial charge in [0.05, 0.1) is 28.4 Å². The summed E-state index contributed by atoms with van der Waals surface area (Å²) in [5, 5.41) is 20.0. The van der Waals surface area contributed by atoms with Crippen LogP contribution in [0.4, 0.5) is 0 Å². The van der Waals surface area contributed by atoms with Crippen molar-refractivity contribution in [2.45, 2.75) is 6.61 Å². The lowest BCUT2D eigenvalue weighted by atomic mass is 10.1. The average molecular weight is 406 g/mol. The first-order chi connectivity index (χ1) is 15.1. The predicted molar refractivity (Wildman–Crippen MR) is 119 cm³/mol. The Hall–Kier alpha value is -4.43. The summed E-state index contributed by atoms with van der Waals surface area (Å²) in [6.45, 7) is 0.325. The lowest BCUT2D eigenvalue weighted by Gasteiger charge is -2.07. The molecule has 5 heteroatoms. The van der Waals surface area contributed by atoms with Crippen LogP contribution in [0.2, 0.25) is 0 Å². The van der Waals surface area contributed by atoms with Gasteiger partial charge in [0.1, 0.15) is 18.1 Å². The second kappa shape index (κ2) is 8.93. The first-order valence-electron chi connectivity index (χ1n) is 9.65. The Morgan fingerprint density at radius 2 is 1.90 bits per heavy atom. The van der Waals surface area contributed by atoms with Gasteiger partial charge in [0.25, 0.3) is 0 Å². The van der Waals surface area contributed by atoms with Gasteiger partial charge in [-0.3, -0.25) is 4.79 Å². The number of fused-ring (bicyclic) bond motifs is 1. The number of carbonyl (C=O) groups excluding carboxylic acids is 1. The molecule has 0 saturated carbocycles. The SMILES string of the molecule is N#Cc1ccc(O)c(C(=O)/C=C/c2cccc(OCc3ccc4ccccc4n3)c2)c1. The highest BCUT2D eigenvalue weighted by Crippen LogP contribution is 2.21. The Kier molecular flexibility index (Phi) is 5.72. The van der Waals surface area contributed by atoms with Crippen molar-refractivity contribution in [3.63, 3.8) is 0 Å². The minimum absolute atomic E-state index is 0.0880. The number of hydrogen-bond donors (Lipinski definition) is 1. The number of aromatic hydroxyl groups is 1. The van der Waals surface area contributed by atoms with Crippen molar-refractivity contribution in [3.05, 3.63) is 107 Å². The number of allylic oxidation sites excluding steroid dienone is 1. The van der Waals surface area contributed by atoms with Crippen LogP contribution in [0, 0.1) is 11.3 Å². The molecule has 0 unspecified atom stereocenters. The summed E-state index contributed by atoms with van der Waals surface area (Å²) in [7, 11) is 0. The van der Waals surface area contributed by atoms with Gasteiger partial charge in [-0.1, -0.05) is 42.5 Å². The number of para-hydroxylation sites is 1. The monoisotopic (exact) mass is 406 g/mol. The molecular weight excluding hydrogens is 388 g/mol. The Labute approximate surface area is 179 Å². The molecule has 0 radical (unpaired) electrons.